The summed E-state index contributed by atoms with van der Waals surface area (Å²) in [4.78, 5) is 27.0. The van der Waals surface area contributed by atoms with Crippen LogP contribution in [0, 0.1) is 19.8 Å². The van der Waals surface area contributed by atoms with E-state index >= 15 is 0 Å². The first-order valence-corrected chi connectivity index (χ1v) is 10.8. The Morgan fingerprint density at radius 2 is 1.62 bits per heavy atom. The van der Waals surface area contributed by atoms with Crippen LogP contribution in [-0.4, -0.2) is 17.4 Å². The van der Waals surface area contributed by atoms with Crippen molar-refractivity contribution < 1.29 is 9.59 Å². The number of nitrogens with one attached hydrogen (secondary N) is 2. The summed E-state index contributed by atoms with van der Waals surface area (Å²) in [5.74, 6) is -0.398. The summed E-state index contributed by atoms with van der Waals surface area (Å²) >= 11 is 2.22. The molecule has 0 spiro atoms. The molecule has 29 heavy (non-hydrogen) atoms. The summed E-state index contributed by atoms with van der Waals surface area (Å²) < 4.78 is 1.09. The van der Waals surface area contributed by atoms with Crippen LogP contribution in [0.3, 0.4) is 0 Å². The number of halogens is 1. The molecule has 2 N–H and O–H groups in total. The number of ketones is 1. The van der Waals surface area contributed by atoms with Crippen LogP contribution in [-0.2, 0) is 9.59 Å². The first-order valence-electron chi connectivity index (χ1n) is 9.73. The van der Waals surface area contributed by atoms with Gasteiger partial charge in [-0.2, -0.15) is 5.10 Å². The molecule has 2 atom stereocenters. The Bertz CT molecular complexity index is 1000. The molecule has 2 bridgehead atoms. The van der Waals surface area contributed by atoms with Gasteiger partial charge in [0.25, 0.3) is 0 Å². The molecule has 2 unspecified atom stereocenters. The molecule has 1 amide bonds. The van der Waals surface area contributed by atoms with Gasteiger partial charge in [-0.25, -0.2) is 0 Å². The Labute approximate surface area is 184 Å². The highest BCUT2D eigenvalue weighted by Gasteiger charge is 2.76. The van der Waals surface area contributed by atoms with Crippen molar-refractivity contribution in [1.29, 1.82) is 0 Å². The second-order valence-corrected chi connectivity index (χ2v) is 9.84. The number of carbonyl (C=O) groups excluding carboxylic acids is 2. The highest BCUT2D eigenvalue weighted by molar-refractivity contribution is 14.1. The third kappa shape index (κ3) is 2.83. The Kier molecular flexibility index (Phi) is 4.80. The van der Waals surface area contributed by atoms with Crippen molar-refractivity contribution in [1.82, 2.24) is 0 Å². The predicted molar refractivity (Wildman–Crippen MR) is 124 cm³/mol. The van der Waals surface area contributed by atoms with E-state index in [1.165, 1.54) is 0 Å². The maximum atomic E-state index is 13.6. The average Bonchev–Trinajstić information content (AvgIpc) is 2.98. The quantitative estimate of drug-likeness (QED) is 0.348. The molecule has 2 fully saturated rings. The largest absolute Gasteiger partial charge is 0.325 e. The number of rotatable bonds is 4. The van der Waals surface area contributed by atoms with Crippen LogP contribution in [0.15, 0.2) is 59.7 Å². The van der Waals surface area contributed by atoms with Crippen molar-refractivity contribution >= 4 is 51.4 Å². The minimum atomic E-state index is -1.11. The molecule has 0 saturated heterocycles. The SMILES string of the molecule is CC12CCC(C(=O)Nc3ccc(I)cc3)(C(=O)/C1=N\Nc1ccccc1)C2(C)C. The van der Waals surface area contributed by atoms with Gasteiger partial charge in [-0.3, -0.25) is 15.0 Å². The van der Waals surface area contributed by atoms with E-state index in [4.69, 9.17) is 0 Å². The lowest BCUT2D eigenvalue weighted by Gasteiger charge is -2.37. The molecule has 0 heterocycles. The van der Waals surface area contributed by atoms with E-state index in [2.05, 4.69) is 45.4 Å². The lowest BCUT2D eigenvalue weighted by molar-refractivity contribution is -0.139. The number of anilines is 2. The zero-order chi connectivity index (χ0) is 20.9. The van der Waals surface area contributed by atoms with Gasteiger partial charge in [0.15, 0.2) is 5.78 Å². The minimum absolute atomic E-state index is 0.164. The summed E-state index contributed by atoms with van der Waals surface area (Å²) in [5.41, 5.74) is 2.88. The molecule has 0 radical (unpaired) electrons. The molecule has 5 nitrogen and oxygen atoms in total. The number of hydrogen-bond acceptors (Lipinski definition) is 4. The Morgan fingerprint density at radius 3 is 2.28 bits per heavy atom. The van der Waals surface area contributed by atoms with E-state index in [1.54, 1.807) is 0 Å². The zero-order valence-electron chi connectivity index (χ0n) is 16.8. The van der Waals surface area contributed by atoms with Crippen molar-refractivity contribution in [3.05, 3.63) is 58.2 Å². The third-order valence-electron chi connectivity index (χ3n) is 7.13. The molecule has 2 saturated carbocycles. The van der Waals surface area contributed by atoms with E-state index < -0.39 is 16.2 Å². The topological polar surface area (TPSA) is 70.6 Å². The fraction of sp³-hybridized carbons (Fsp3) is 0.348. The third-order valence-corrected chi connectivity index (χ3v) is 7.85. The van der Waals surface area contributed by atoms with Gasteiger partial charge in [-0.15, -0.1) is 0 Å². The van der Waals surface area contributed by atoms with Crippen molar-refractivity contribution in [3.8, 4) is 0 Å². The summed E-state index contributed by atoms with van der Waals surface area (Å²) in [6.07, 6.45) is 1.29. The van der Waals surface area contributed by atoms with E-state index in [0.717, 1.165) is 15.7 Å². The number of Topliss-reactive ketones (excluding diaryl/α,β-unsaturated/α-hetero) is 1. The lowest BCUT2D eigenvalue weighted by Crippen LogP contribution is -2.47. The van der Waals surface area contributed by atoms with Crippen LogP contribution in [0.1, 0.15) is 33.6 Å². The van der Waals surface area contributed by atoms with Crippen LogP contribution in [0.25, 0.3) is 0 Å². The van der Waals surface area contributed by atoms with Crippen LogP contribution in [0.5, 0.6) is 0 Å². The fourth-order valence-electron chi connectivity index (χ4n) is 4.88. The Hall–Kier alpha value is -2.22. The van der Waals surface area contributed by atoms with Crippen molar-refractivity contribution in [3.63, 3.8) is 0 Å². The number of carbonyl (C=O) groups is 2. The molecule has 150 valence electrons. The van der Waals surface area contributed by atoms with Crippen molar-refractivity contribution in [2.75, 3.05) is 10.7 Å². The molecule has 2 aromatic carbocycles. The number of fused-ring (bicyclic) bond motifs is 2. The molecular formula is C23H24IN3O2. The van der Waals surface area contributed by atoms with Gasteiger partial charge in [0.05, 0.1) is 5.69 Å². The number of amides is 1. The van der Waals surface area contributed by atoms with E-state index in [-0.39, 0.29) is 11.7 Å². The number of hydrogen-bond donors (Lipinski definition) is 2. The molecule has 2 aliphatic rings. The molecular weight excluding hydrogens is 477 g/mol. The summed E-state index contributed by atoms with van der Waals surface area (Å²) in [6, 6.07) is 17.1. The first-order chi connectivity index (χ1) is 13.7. The monoisotopic (exact) mass is 501 g/mol. The van der Waals surface area contributed by atoms with Gasteiger partial charge in [-0.05, 0) is 77.2 Å². The van der Waals surface area contributed by atoms with E-state index in [0.29, 0.717) is 17.8 Å². The highest BCUT2D eigenvalue weighted by atomic mass is 127. The Morgan fingerprint density at radius 1 is 0.966 bits per heavy atom. The lowest BCUT2D eigenvalue weighted by atomic mass is 9.64. The molecule has 2 aliphatic carbocycles. The van der Waals surface area contributed by atoms with Crippen LogP contribution < -0.4 is 10.7 Å². The van der Waals surface area contributed by atoms with Gasteiger partial charge in [-0.1, -0.05) is 39.0 Å². The molecule has 0 aliphatic heterocycles. The standard InChI is InChI=1S/C23H24IN3O2/c1-21(2)22(3)13-14-23(21,20(29)25-16-11-9-15(24)10-12-16)19(28)18(22)27-26-17-7-5-4-6-8-17/h4-12,26H,13-14H2,1-3H3,(H,25,29)/b27-18+. The zero-order valence-corrected chi connectivity index (χ0v) is 18.9. The number of para-hydroxylation sites is 1. The summed E-state index contributed by atoms with van der Waals surface area (Å²) in [6.45, 7) is 6.11. The number of nitrogens with zero attached hydrogens (tertiary/aromatic N) is 1. The average molecular weight is 501 g/mol. The van der Waals surface area contributed by atoms with Gasteiger partial charge in [0.1, 0.15) is 11.1 Å². The fourth-order valence-corrected chi connectivity index (χ4v) is 5.24. The summed E-state index contributed by atoms with van der Waals surface area (Å²) in [5, 5.41) is 7.50. The Balaban J connectivity index is 1.69. The van der Waals surface area contributed by atoms with Crippen LogP contribution in [0.4, 0.5) is 11.4 Å². The van der Waals surface area contributed by atoms with Gasteiger partial charge < -0.3 is 5.32 Å². The normalized spacial score (nSPS) is 28.6. The second kappa shape index (κ2) is 6.93. The summed E-state index contributed by atoms with van der Waals surface area (Å²) in [7, 11) is 0. The molecule has 2 aromatic rings. The van der Waals surface area contributed by atoms with Gasteiger partial charge in [0, 0.05) is 14.7 Å². The number of benzene rings is 2. The molecule has 0 aromatic heterocycles. The van der Waals surface area contributed by atoms with Gasteiger partial charge >= 0.3 is 0 Å². The maximum absolute atomic E-state index is 13.6. The number of hydrazone groups is 1. The molecule has 4 rings (SSSR count). The van der Waals surface area contributed by atoms with E-state index in [1.807, 2.05) is 68.4 Å². The van der Waals surface area contributed by atoms with Gasteiger partial charge in [0.2, 0.25) is 5.91 Å². The van der Waals surface area contributed by atoms with Crippen LogP contribution >= 0.6 is 22.6 Å². The molecule has 6 heteroatoms. The first kappa shape index (κ1) is 20.1. The smallest absolute Gasteiger partial charge is 0.239 e. The maximum Gasteiger partial charge on any atom is 0.239 e. The van der Waals surface area contributed by atoms with E-state index in [9.17, 15) is 9.59 Å². The van der Waals surface area contributed by atoms with Crippen molar-refractivity contribution in [2.24, 2.45) is 21.3 Å². The van der Waals surface area contributed by atoms with Crippen molar-refractivity contribution in [2.45, 2.75) is 33.6 Å². The van der Waals surface area contributed by atoms with Crippen LogP contribution in [0.2, 0.25) is 0 Å². The second-order valence-electron chi connectivity index (χ2n) is 8.59. The highest BCUT2D eigenvalue weighted by Crippen LogP contribution is 2.69. The minimum Gasteiger partial charge on any atom is -0.325 e. The predicted octanol–water partition coefficient (Wildman–Crippen LogP) is 5.09.